The fraction of sp³-hybridized carbons (Fsp3) is 0.350. The van der Waals surface area contributed by atoms with E-state index in [9.17, 15) is 4.79 Å². The number of halogens is 2. The molecule has 3 nitrogen and oxygen atoms in total. The third-order valence-corrected chi connectivity index (χ3v) is 5.04. The van der Waals surface area contributed by atoms with E-state index in [4.69, 9.17) is 32.7 Å². The quantitative estimate of drug-likeness (QED) is 0.350. The highest BCUT2D eigenvalue weighted by molar-refractivity contribution is 6.32. The van der Waals surface area contributed by atoms with E-state index in [2.05, 4.69) is 0 Å². The van der Waals surface area contributed by atoms with E-state index >= 15 is 0 Å². The van der Waals surface area contributed by atoms with Gasteiger partial charge in [0.2, 0.25) is 0 Å². The van der Waals surface area contributed by atoms with Crippen molar-refractivity contribution in [2.24, 2.45) is 0 Å². The number of ether oxygens (including phenoxy) is 2. The average Bonchev–Trinajstić information content (AvgIpc) is 2.54. The summed E-state index contributed by atoms with van der Waals surface area (Å²) in [6.07, 6.45) is 0.859. The van der Waals surface area contributed by atoms with Gasteiger partial charge in [-0.1, -0.05) is 23.2 Å². The van der Waals surface area contributed by atoms with Gasteiger partial charge in [-0.3, -0.25) is 4.79 Å². The molecule has 0 aliphatic heterocycles. The molecule has 0 fully saturated rings. The maximum atomic E-state index is 12.0. The van der Waals surface area contributed by atoms with Crippen molar-refractivity contribution in [3.63, 3.8) is 0 Å². The summed E-state index contributed by atoms with van der Waals surface area (Å²) in [5, 5.41) is 1.45. The highest BCUT2D eigenvalue weighted by Gasteiger charge is 2.09. The molecule has 0 saturated carbocycles. The molecule has 2 aromatic carbocycles. The van der Waals surface area contributed by atoms with Gasteiger partial charge in [-0.15, -0.1) is 0 Å². The summed E-state index contributed by atoms with van der Waals surface area (Å²) in [6.45, 7) is 8.09. The first kappa shape index (κ1) is 19.6. The van der Waals surface area contributed by atoms with Gasteiger partial charge in [0, 0.05) is 16.5 Å². The average molecular weight is 381 g/mol. The second kappa shape index (κ2) is 8.59. The predicted molar refractivity (Wildman–Crippen MR) is 102 cm³/mol. The minimum absolute atomic E-state index is 0.284. The molecule has 0 heterocycles. The number of esters is 1. The Balaban J connectivity index is 1.81. The van der Waals surface area contributed by atoms with E-state index in [1.165, 1.54) is 0 Å². The maximum absolute atomic E-state index is 12.0. The lowest BCUT2D eigenvalue weighted by atomic mass is 10.1. The Kier molecular flexibility index (Phi) is 6.74. The minimum atomic E-state index is -0.284. The van der Waals surface area contributed by atoms with Crippen LogP contribution in [0.25, 0.3) is 0 Å². The van der Waals surface area contributed by atoms with E-state index in [1.54, 1.807) is 12.1 Å². The van der Waals surface area contributed by atoms with Crippen LogP contribution in [0.15, 0.2) is 24.3 Å². The maximum Gasteiger partial charge on any atom is 0.311 e. The van der Waals surface area contributed by atoms with Gasteiger partial charge in [-0.25, -0.2) is 0 Å². The number of carbonyl (C=O) groups excluding carboxylic acids is 1. The van der Waals surface area contributed by atoms with Crippen LogP contribution in [0.4, 0.5) is 0 Å². The topological polar surface area (TPSA) is 35.5 Å². The lowest BCUT2D eigenvalue weighted by Crippen LogP contribution is -2.10. The summed E-state index contributed by atoms with van der Waals surface area (Å²) in [7, 11) is 0. The van der Waals surface area contributed by atoms with Crippen LogP contribution in [0.1, 0.15) is 35.1 Å². The predicted octanol–water partition coefficient (Wildman–Crippen LogP) is 5.99. The Bertz CT molecular complexity index is 738. The molecule has 0 aliphatic carbocycles. The van der Waals surface area contributed by atoms with E-state index in [0.29, 0.717) is 23.8 Å². The Morgan fingerprint density at radius 3 is 1.76 bits per heavy atom. The van der Waals surface area contributed by atoms with Crippen molar-refractivity contribution in [1.29, 1.82) is 0 Å². The van der Waals surface area contributed by atoms with Crippen LogP contribution in [0.5, 0.6) is 11.5 Å². The SMILES string of the molecule is Cc1cc(OCCCC(=O)Oc2cc(C)c(Cl)c(C)c2)cc(C)c1Cl. The van der Waals surface area contributed by atoms with Crippen molar-refractivity contribution >= 4 is 29.2 Å². The van der Waals surface area contributed by atoms with E-state index < -0.39 is 0 Å². The Morgan fingerprint density at radius 2 is 1.28 bits per heavy atom. The van der Waals surface area contributed by atoms with Crippen LogP contribution in [-0.4, -0.2) is 12.6 Å². The fourth-order valence-corrected chi connectivity index (χ4v) is 2.76. The molecule has 2 aromatic rings. The van der Waals surface area contributed by atoms with Gasteiger partial charge in [-0.2, -0.15) is 0 Å². The molecule has 0 bridgehead atoms. The molecule has 0 aliphatic rings. The number of carbonyl (C=O) groups is 1. The molecule has 0 saturated heterocycles. The lowest BCUT2D eigenvalue weighted by Gasteiger charge is -2.10. The summed E-state index contributed by atoms with van der Waals surface area (Å²) in [6, 6.07) is 7.33. The van der Waals surface area contributed by atoms with Gasteiger partial charge in [0.05, 0.1) is 6.61 Å². The second-order valence-corrected chi connectivity index (χ2v) is 6.92. The van der Waals surface area contributed by atoms with Gasteiger partial charge >= 0.3 is 5.97 Å². The first-order chi connectivity index (χ1) is 11.8. The van der Waals surface area contributed by atoms with Crippen LogP contribution in [0.3, 0.4) is 0 Å². The number of hydrogen-bond donors (Lipinski definition) is 0. The number of aryl methyl sites for hydroxylation is 4. The third-order valence-electron chi connectivity index (χ3n) is 3.85. The van der Waals surface area contributed by atoms with Gasteiger partial charge in [0.25, 0.3) is 0 Å². The zero-order chi connectivity index (χ0) is 18.6. The fourth-order valence-electron chi connectivity index (χ4n) is 2.54. The molecular weight excluding hydrogens is 359 g/mol. The van der Waals surface area contributed by atoms with Gasteiger partial charge in [0.15, 0.2) is 0 Å². The molecule has 0 radical (unpaired) electrons. The zero-order valence-corrected chi connectivity index (χ0v) is 16.4. The standard InChI is InChI=1S/C20H22Cl2O3/c1-12-8-16(9-13(2)19(12)21)24-7-5-6-18(23)25-17-10-14(3)20(22)15(4)11-17/h8-11H,5-7H2,1-4H3. The first-order valence-electron chi connectivity index (χ1n) is 8.15. The van der Waals surface area contributed by atoms with E-state index in [0.717, 1.165) is 33.0 Å². The van der Waals surface area contributed by atoms with E-state index in [1.807, 2.05) is 39.8 Å². The zero-order valence-electron chi connectivity index (χ0n) is 14.9. The Morgan fingerprint density at radius 1 is 0.840 bits per heavy atom. The molecule has 0 N–H and O–H groups in total. The summed E-state index contributed by atoms with van der Waals surface area (Å²) < 4.78 is 11.1. The van der Waals surface area contributed by atoms with E-state index in [-0.39, 0.29) is 12.4 Å². The molecule has 0 spiro atoms. The Hall–Kier alpha value is -1.71. The largest absolute Gasteiger partial charge is 0.494 e. The van der Waals surface area contributed by atoms with Crippen molar-refractivity contribution in [1.82, 2.24) is 0 Å². The molecular formula is C20H22Cl2O3. The summed E-state index contributed by atoms with van der Waals surface area (Å²) >= 11 is 12.2. The highest BCUT2D eigenvalue weighted by Crippen LogP contribution is 2.27. The first-order valence-corrected chi connectivity index (χ1v) is 8.90. The summed E-state index contributed by atoms with van der Waals surface area (Å²) in [5.41, 5.74) is 3.73. The molecule has 2 rings (SSSR count). The molecule has 25 heavy (non-hydrogen) atoms. The molecule has 0 unspecified atom stereocenters. The number of hydrogen-bond acceptors (Lipinski definition) is 3. The van der Waals surface area contributed by atoms with Crippen LogP contribution >= 0.6 is 23.2 Å². The summed E-state index contributed by atoms with van der Waals surface area (Å²) in [5.74, 6) is 0.999. The number of benzene rings is 2. The van der Waals surface area contributed by atoms with Crippen molar-refractivity contribution in [2.45, 2.75) is 40.5 Å². The molecule has 0 aromatic heterocycles. The Labute approximate surface area is 158 Å². The second-order valence-electron chi connectivity index (χ2n) is 6.17. The highest BCUT2D eigenvalue weighted by atomic mass is 35.5. The van der Waals surface area contributed by atoms with Crippen molar-refractivity contribution in [2.75, 3.05) is 6.61 Å². The smallest absolute Gasteiger partial charge is 0.311 e. The molecule has 0 atom stereocenters. The lowest BCUT2D eigenvalue weighted by molar-refractivity contribution is -0.134. The monoisotopic (exact) mass is 380 g/mol. The van der Waals surface area contributed by atoms with Gasteiger partial charge < -0.3 is 9.47 Å². The number of rotatable bonds is 6. The van der Waals surface area contributed by atoms with Crippen molar-refractivity contribution in [3.8, 4) is 11.5 Å². The van der Waals surface area contributed by atoms with Crippen molar-refractivity contribution < 1.29 is 14.3 Å². The summed E-state index contributed by atoms with van der Waals surface area (Å²) in [4.78, 5) is 12.0. The van der Waals surface area contributed by atoms with Crippen LogP contribution in [-0.2, 0) is 4.79 Å². The molecule has 5 heteroatoms. The molecule has 0 amide bonds. The van der Waals surface area contributed by atoms with Crippen LogP contribution < -0.4 is 9.47 Å². The third kappa shape index (κ3) is 5.38. The minimum Gasteiger partial charge on any atom is -0.494 e. The van der Waals surface area contributed by atoms with Crippen LogP contribution in [0, 0.1) is 27.7 Å². The van der Waals surface area contributed by atoms with Crippen LogP contribution in [0.2, 0.25) is 10.0 Å². The molecule has 134 valence electrons. The normalized spacial score (nSPS) is 10.6. The van der Waals surface area contributed by atoms with Gasteiger partial charge in [-0.05, 0) is 80.6 Å². The van der Waals surface area contributed by atoms with Crippen molar-refractivity contribution in [3.05, 3.63) is 56.6 Å². The van der Waals surface area contributed by atoms with Gasteiger partial charge in [0.1, 0.15) is 11.5 Å².